The van der Waals surface area contributed by atoms with E-state index in [9.17, 15) is 13.2 Å². The number of ether oxygens (including phenoxy) is 1. The Balaban J connectivity index is 1.83. The lowest BCUT2D eigenvalue weighted by molar-refractivity contribution is -0.160. The Hall–Kier alpha value is -2.38. The summed E-state index contributed by atoms with van der Waals surface area (Å²) in [6, 6.07) is 6.82. The van der Waals surface area contributed by atoms with Crippen molar-refractivity contribution in [2.75, 3.05) is 12.3 Å². The predicted octanol–water partition coefficient (Wildman–Crippen LogP) is 5.99. The number of hydrogen-bond acceptors (Lipinski definition) is 3. The number of benzene rings is 2. The number of H-pyrrole nitrogens is 1. The SMILES string of the molecule is Cc1cc(N)cc(Cl)c1Oc1ccc2[nH]c3c(c2c1)C(C)(C)CNC3C(F)(F)F. The Morgan fingerprint density at radius 3 is 2.59 bits per heavy atom. The smallest absolute Gasteiger partial charge is 0.409 e. The second-order valence-corrected chi connectivity index (χ2v) is 8.52. The van der Waals surface area contributed by atoms with Crippen LogP contribution >= 0.6 is 11.6 Å². The first kappa shape index (κ1) is 19.9. The topological polar surface area (TPSA) is 63.1 Å². The zero-order chi connectivity index (χ0) is 21.1. The van der Waals surface area contributed by atoms with Crippen LogP contribution in [0.15, 0.2) is 30.3 Å². The van der Waals surface area contributed by atoms with E-state index in [1.165, 1.54) is 0 Å². The quantitative estimate of drug-likeness (QED) is 0.444. The third-order valence-electron chi connectivity index (χ3n) is 5.31. The van der Waals surface area contributed by atoms with E-state index < -0.39 is 17.6 Å². The number of nitrogen functional groups attached to an aromatic ring is 1. The molecule has 1 unspecified atom stereocenters. The highest BCUT2D eigenvalue weighted by molar-refractivity contribution is 6.32. The van der Waals surface area contributed by atoms with E-state index in [1.807, 2.05) is 20.8 Å². The molecule has 3 aromatic rings. The number of aromatic nitrogens is 1. The lowest BCUT2D eigenvalue weighted by Crippen LogP contribution is -2.46. The molecule has 0 fully saturated rings. The molecule has 0 aliphatic carbocycles. The molecule has 0 bridgehead atoms. The molecule has 154 valence electrons. The lowest BCUT2D eigenvalue weighted by Gasteiger charge is -2.36. The van der Waals surface area contributed by atoms with Crippen molar-refractivity contribution in [1.29, 1.82) is 0 Å². The summed E-state index contributed by atoms with van der Waals surface area (Å²) in [4.78, 5) is 2.97. The van der Waals surface area contributed by atoms with Crippen molar-refractivity contribution in [3.63, 3.8) is 0 Å². The second kappa shape index (κ2) is 6.57. The van der Waals surface area contributed by atoms with Crippen LogP contribution in [0.3, 0.4) is 0 Å². The van der Waals surface area contributed by atoms with Gasteiger partial charge in [-0.2, -0.15) is 13.2 Å². The van der Waals surface area contributed by atoms with Crippen LogP contribution in [0.4, 0.5) is 18.9 Å². The van der Waals surface area contributed by atoms with Crippen molar-refractivity contribution in [1.82, 2.24) is 10.3 Å². The summed E-state index contributed by atoms with van der Waals surface area (Å²) in [5.41, 5.74) is 8.05. The van der Waals surface area contributed by atoms with E-state index in [2.05, 4.69) is 10.3 Å². The molecule has 0 saturated carbocycles. The van der Waals surface area contributed by atoms with Crippen LogP contribution in [0.2, 0.25) is 5.02 Å². The van der Waals surface area contributed by atoms with Crippen LogP contribution in [-0.2, 0) is 5.41 Å². The molecule has 0 spiro atoms. The highest BCUT2D eigenvalue weighted by atomic mass is 35.5. The van der Waals surface area contributed by atoms with Gasteiger partial charge < -0.3 is 20.8 Å². The molecule has 0 radical (unpaired) electrons. The normalized spacial score (nSPS) is 18.7. The summed E-state index contributed by atoms with van der Waals surface area (Å²) >= 11 is 6.27. The lowest BCUT2D eigenvalue weighted by atomic mass is 9.78. The van der Waals surface area contributed by atoms with Crippen molar-refractivity contribution in [2.45, 2.75) is 38.4 Å². The molecule has 4 rings (SSSR count). The summed E-state index contributed by atoms with van der Waals surface area (Å²) in [6.45, 7) is 5.89. The highest BCUT2D eigenvalue weighted by Crippen LogP contribution is 2.46. The van der Waals surface area contributed by atoms with Gasteiger partial charge in [0.2, 0.25) is 0 Å². The Labute approximate surface area is 171 Å². The molecule has 2 aromatic carbocycles. The predicted molar refractivity (Wildman–Crippen MR) is 109 cm³/mol. The van der Waals surface area contributed by atoms with E-state index in [1.54, 1.807) is 30.3 Å². The molecule has 1 aliphatic rings. The van der Waals surface area contributed by atoms with E-state index in [-0.39, 0.29) is 12.2 Å². The first-order valence-electron chi connectivity index (χ1n) is 9.17. The van der Waals surface area contributed by atoms with E-state index >= 15 is 0 Å². The monoisotopic (exact) mass is 423 g/mol. The summed E-state index contributed by atoms with van der Waals surface area (Å²) in [6.07, 6.45) is -4.39. The van der Waals surface area contributed by atoms with Gasteiger partial charge in [0.05, 0.1) is 5.02 Å². The third-order valence-corrected chi connectivity index (χ3v) is 5.59. The largest absolute Gasteiger partial charge is 0.456 e. The van der Waals surface area contributed by atoms with Gasteiger partial charge in [0.25, 0.3) is 0 Å². The molecule has 2 heterocycles. The molecule has 1 aromatic heterocycles. The van der Waals surface area contributed by atoms with E-state index in [0.717, 1.165) is 5.56 Å². The number of rotatable bonds is 2. The summed E-state index contributed by atoms with van der Waals surface area (Å²) in [5.74, 6) is 0.964. The summed E-state index contributed by atoms with van der Waals surface area (Å²) in [5, 5.41) is 3.71. The number of nitrogens with one attached hydrogen (secondary N) is 2. The Morgan fingerprint density at radius 1 is 1.21 bits per heavy atom. The van der Waals surface area contributed by atoms with Gasteiger partial charge in [-0.1, -0.05) is 25.4 Å². The standard InChI is InChI=1S/C21H21ClF3N3O/c1-10-6-11(26)7-14(22)18(10)29-12-4-5-15-13(8-12)16-17(28-15)19(21(23,24)25)27-9-20(16,2)3/h4-8,19,27-28H,9,26H2,1-3H3. The van der Waals surface area contributed by atoms with Gasteiger partial charge in [0, 0.05) is 34.2 Å². The van der Waals surface area contributed by atoms with Gasteiger partial charge in [0.1, 0.15) is 17.5 Å². The molecular formula is C21H21ClF3N3O. The maximum atomic E-state index is 13.6. The van der Waals surface area contributed by atoms with Crippen molar-refractivity contribution >= 4 is 28.2 Å². The highest BCUT2D eigenvalue weighted by Gasteiger charge is 2.48. The number of alkyl halides is 3. The summed E-state index contributed by atoms with van der Waals surface area (Å²) < 4.78 is 46.7. The minimum absolute atomic E-state index is 0.155. The molecular weight excluding hydrogens is 403 g/mol. The van der Waals surface area contributed by atoms with Crippen molar-refractivity contribution < 1.29 is 17.9 Å². The van der Waals surface area contributed by atoms with Crippen molar-refractivity contribution in [3.8, 4) is 11.5 Å². The molecule has 29 heavy (non-hydrogen) atoms. The van der Waals surface area contributed by atoms with Crippen LogP contribution in [0.5, 0.6) is 11.5 Å². The van der Waals surface area contributed by atoms with Crippen LogP contribution < -0.4 is 15.8 Å². The van der Waals surface area contributed by atoms with E-state index in [0.29, 0.717) is 38.7 Å². The fourth-order valence-corrected chi connectivity index (χ4v) is 4.35. The Morgan fingerprint density at radius 2 is 1.93 bits per heavy atom. The molecule has 1 aliphatic heterocycles. The van der Waals surface area contributed by atoms with E-state index in [4.69, 9.17) is 22.1 Å². The average Bonchev–Trinajstić information content (AvgIpc) is 2.96. The van der Waals surface area contributed by atoms with Crippen LogP contribution in [0, 0.1) is 6.92 Å². The minimum atomic E-state index is -4.39. The maximum Gasteiger partial charge on any atom is 0.409 e. The minimum Gasteiger partial charge on any atom is -0.456 e. The molecule has 0 saturated heterocycles. The van der Waals surface area contributed by atoms with Crippen LogP contribution in [-0.4, -0.2) is 17.7 Å². The molecule has 8 heteroatoms. The average molecular weight is 424 g/mol. The molecule has 4 N–H and O–H groups in total. The van der Waals surface area contributed by atoms with Crippen LogP contribution in [0.1, 0.15) is 36.7 Å². The number of aryl methyl sites for hydroxylation is 1. The number of halogens is 4. The van der Waals surface area contributed by atoms with Crippen LogP contribution in [0.25, 0.3) is 10.9 Å². The van der Waals surface area contributed by atoms with Gasteiger partial charge in [0.15, 0.2) is 0 Å². The number of anilines is 1. The number of fused-ring (bicyclic) bond motifs is 3. The fraction of sp³-hybridized carbons (Fsp3) is 0.333. The number of hydrogen-bond donors (Lipinski definition) is 3. The molecule has 4 nitrogen and oxygen atoms in total. The van der Waals surface area contributed by atoms with Crippen molar-refractivity contribution in [3.05, 3.63) is 52.2 Å². The molecule has 0 amide bonds. The van der Waals surface area contributed by atoms with Gasteiger partial charge >= 0.3 is 6.18 Å². The van der Waals surface area contributed by atoms with Gasteiger partial charge in [-0.05, 0) is 48.4 Å². The van der Waals surface area contributed by atoms with Crippen molar-refractivity contribution in [2.24, 2.45) is 0 Å². The van der Waals surface area contributed by atoms with Gasteiger partial charge in [-0.15, -0.1) is 0 Å². The second-order valence-electron chi connectivity index (χ2n) is 8.11. The number of nitrogens with two attached hydrogens (primary N) is 1. The number of aromatic amines is 1. The first-order chi connectivity index (χ1) is 13.5. The molecule has 1 atom stereocenters. The first-order valence-corrected chi connectivity index (χ1v) is 9.55. The Kier molecular flexibility index (Phi) is 4.51. The van der Waals surface area contributed by atoms with Gasteiger partial charge in [-0.25, -0.2) is 0 Å². The zero-order valence-electron chi connectivity index (χ0n) is 16.2. The third kappa shape index (κ3) is 3.42. The fourth-order valence-electron chi connectivity index (χ4n) is 4.03. The van der Waals surface area contributed by atoms with Gasteiger partial charge in [-0.3, -0.25) is 0 Å². The Bertz CT molecular complexity index is 1080. The zero-order valence-corrected chi connectivity index (χ0v) is 16.9. The summed E-state index contributed by atoms with van der Waals surface area (Å²) in [7, 11) is 0. The maximum absolute atomic E-state index is 13.6.